The fraction of sp³-hybridized carbons (Fsp3) is 0.368. The summed E-state index contributed by atoms with van der Waals surface area (Å²) in [6, 6.07) is 18.1. The molecule has 0 spiro atoms. The van der Waals surface area contributed by atoms with Gasteiger partial charge >= 0.3 is 0 Å². The lowest BCUT2D eigenvalue weighted by atomic mass is 10.0. The molecule has 0 aliphatic heterocycles. The zero-order valence-corrected chi connectivity index (χ0v) is 12.8. The van der Waals surface area contributed by atoms with Crippen LogP contribution in [0.5, 0.6) is 0 Å². The molecule has 0 fully saturated rings. The summed E-state index contributed by atoms with van der Waals surface area (Å²) < 4.78 is 0. The summed E-state index contributed by atoms with van der Waals surface area (Å²) in [6.07, 6.45) is 3.38. The van der Waals surface area contributed by atoms with E-state index in [1.165, 1.54) is 22.4 Å². The van der Waals surface area contributed by atoms with E-state index in [-0.39, 0.29) is 0 Å². The third-order valence-corrected chi connectivity index (χ3v) is 3.72. The number of benzene rings is 2. The minimum absolute atomic E-state index is 0.489. The van der Waals surface area contributed by atoms with E-state index in [0.29, 0.717) is 6.04 Å². The Morgan fingerprint density at radius 3 is 2.40 bits per heavy atom. The molecule has 0 bridgehead atoms. The van der Waals surface area contributed by atoms with Gasteiger partial charge in [-0.05, 0) is 56.4 Å². The molecule has 1 unspecified atom stereocenters. The summed E-state index contributed by atoms with van der Waals surface area (Å²) in [7, 11) is 0. The van der Waals surface area contributed by atoms with Crippen LogP contribution in [-0.2, 0) is 12.8 Å². The highest BCUT2D eigenvalue weighted by Gasteiger charge is 2.03. The highest BCUT2D eigenvalue weighted by Crippen LogP contribution is 2.14. The Balaban J connectivity index is 1.84. The molecule has 0 amide bonds. The van der Waals surface area contributed by atoms with Crippen LogP contribution in [0.15, 0.2) is 48.5 Å². The SMILES string of the molecule is CCc1ccc(NC(C)CCc2cccc(C)c2)cc1. The molecule has 0 saturated heterocycles. The third-order valence-electron chi connectivity index (χ3n) is 3.72. The van der Waals surface area contributed by atoms with Crippen LogP contribution in [0, 0.1) is 6.92 Å². The van der Waals surface area contributed by atoms with Gasteiger partial charge in [0, 0.05) is 11.7 Å². The van der Waals surface area contributed by atoms with Crippen LogP contribution in [0.4, 0.5) is 5.69 Å². The highest BCUT2D eigenvalue weighted by atomic mass is 14.9. The largest absolute Gasteiger partial charge is 0.383 e. The first-order chi connectivity index (χ1) is 9.67. The van der Waals surface area contributed by atoms with Crippen molar-refractivity contribution < 1.29 is 0 Å². The average Bonchev–Trinajstić information content (AvgIpc) is 2.46. The van der Waals surface area contributed by atoms with E-state index >= 15 is 0 Å². The Morgan fingerprint density at radius 2 is 1.75 bits per heavy atom. The highest BCUT2D eigenvalue weighted by molar-refractivity contribution is 5.45. The van der Waals surface area contributed by atoms with Gasteiger partial charge in [0.15, 0.2) is 0 Å². The summed E-state index contributed by atoms with van der Waals surface area (Å²) >= 11 is 0. The molecule has 0 saturated carbocycles. The molecule has 1 N–H and O–H groups in total. The topological polar surface area (TPSA) is 12.0 Å². The monoisotopic (exact) mass is 267 g/mol. The summed E-state index contributed by atoms with van der Waals surface area (Å²) in [5.41, 5.74) is 5.39. The van der Waals surface area contributed by atoms with E-state index in [4.69, 9.17) is 0 Å². The first-order valence-electron chi connectivity index (χ1n) is 7.58. The average molecular weight is 267 g/mol. The van der Waals surface area contributed by atoms with Crippen molar-refractivity contribution in [3.8, 4) is 0 Å². The van der Waals surface area contributed by atoms with Gasteiger partial charge in [-0.25, -0.2) is 0 Å². The van der Waals surface area contributed by atoms with E-state index < -0.39 is 0 Å². The van der Waals surface area contributed by atoms with Gasteiger partial charge in [0.25, 0.3) is 0 Å². The predicted octanol–water partition coefficient (Wildman–Crippen LogP) is 4.99. The number of nitrogens with one attached hydrogen (secondary N) is 1. The molecule has 2 aromatic rings. The van der Waals surface area contributed by atoms with E-state index in [2.05, 4.69) is 74.6 Å². The van der Waals surface area contributed by atoms with Gasteiger partial charge < -0.3 is 5.32 Å². The number of anilines is 1. The summed E-state index contributed by atoms with van der Waals surface area (Å²) in [5.74, 6) is 0. The molecular formula is C19H25N. The lowest BCUT2D eigenvalue weighted by Crippen LogP contribution is -2.15. The van der Waals surface area contributed by atoms with Gasteiger partial charge in [0.05, 0.1) is 0 Å². The number of rotatable bonds is 6. The van der Waals surface area contributed by atoms with Crippen molar-refractivity contribution in [2.45, 2.75) is 46.1 Å². The van der Waals surface area contributed by atoms with Crippen molar-refractivity contribution in [1.82, 2.24) is 0 Å². The lowest BCUT2D eigenvalue weighted by molar-refractivity contribution is 0.706. The van der Waals surface area contributed by atoms with Gasteiger partial charge in [0.2, 0.25) is 0 Å². The second-order valence-corrected chi connectivity index (χ2v) is 5.62. The van der Waals surface area contributed by atoms with Crippen molar-refractivity contribution in [3.63, 3.8) is 0 Å². The zero-order chi connectivity index (χ0) is 14.4. The molecule has 106 valence electrons. The molecule has 0 aliphatic carbocycles. The molecule has 0 aliphatic rings. The van der Waals surface area contributed by atoms with Crippen molar-refractivity contribution in [3.05, 3.63) is 65.2 Å². The van der Waals surface area contributed by atoms with Crippen molar-refractivity contribution >= 4 is 5.69 Å². The van der Waals surface area contributed by atoms with E-state index in [9.17, 15) is 0 Å². The first kappa shape index (κ1) is 14.6. The smallest absolute Gasteiger partial charge is 0.0342 e. The lowest BCUT2D eigenvalue weighted by Gasteiger charge is -2.15. The number of hydrogen-bond donors (Lipinski definition) is 1. The van der Waals surface area contributed by atoms with Gasteiger partial charge in [-0.1, -0.05) is 48.9 Å². The maximum absolute atomic E-state index is 3.58. The quantitative estimate of drug-likeness (QED) is 0.777. The van der Waals surface area contributed by atoms with Crippen LogP contribution in [0.2, 0.25) is 0 Å². The zero-order valence-electron chi connectivity index (χ0n) is 12.8. The van der Waals surface area contributed by atoms with Crippen LogP contribution in [0.25, 0.3) is 0 Å². The van der Waals surface area contributed by atoms with Gasteiger partial charge in [-0.15, -0.1) is 0 Å². The molecule has 1 nitrogen and oxygen atoms in total. The Morgan fingerprint density at radius 1 is 1.00 bits per heavy atom. The number of aryl methyl sites for hydroxylation is 3. The van der Waals surface area contributed by atoms with Crippen molar-refractivity contribution in [2.75, 3.05) is 5.32 Å². The predicted molar refractivity (Wildman–Crippen MR) is 88.4 cm³/mol. The standard InChI is InChI=1S/C19H25N/c1-4-17-10-12-19(13-11-17)20-16(3)8-9-18-7-5-6-15(2)14-18/h5-7,10-14,16,20H,4,8-9H2,1-3H3. The van der Waals surface area contributed by atoms with Crippen LogP contribution in [0.1, 0.15) is 37.0 Å². The second-order valence-electron chi connectivity index (χ2n) is 5.62. The van der Waals surface area contributed by atoms with Crippen LogP contribution in [-0.4, -0.2) is 6.04 Å². The fourth-order valence-electron chi connectivity index (χ4n) is 2.44. The number of hydrogen-bond acceptors (Lipinski definition) is 1. The minimum atomic E-state index is 0.489. The molecule has 20 heavy (non-hydrogen) atoms. The Labute approximate surface area is 123 Å². The van der Waals surface area contributed by atoms with Crippen molar-refractivity contribution in [2.24, 2.45) is 0 Å². The second kappa shape index (κ2) is 7.14. The molecule has 1 heteroatoms. The molecule has 0 aromatic heterocycles. The van der Waals surface area contributed by atoms with E-state index in [1.807, 2.05) is 0 Å². The van der Waals surface area contributed by atoms with Gasteiger partial charge in [0.1, 0.15) is 0 Å². The van der Waals surface area contributed by atoms with Crippen LogP contribution >= 0.6 is 0 Å². The molecule has 2 aromatic carbocycles. The molecule has 1 atom stereocenters. The van der Waals surface area contributed by atoms with Gasteiger partial charge in [-0.3, -0.25) is 0 Å². The Hall–Kier alpha value is -1.76. The first-order valence-corrected chi connectivity index (χ1v) is 7.58. The van der Waals surface area contributed by atoms with E-state index in [1.54, 1.807) is 0 Å². The normalized spacial score (nSPS) is 12.2. The van der Waals surface area contributed by atoms with Crippen molar-refractivity contribution in [1.29, 1.82) is 0 Å². The Bertz CT molecular complexity index is 528. The molecule has 0 heterocycles. The van der Waals surface area contributed by atoms with E-state index in [0.717, 1.165) is 19.3 Å². The molecule has 2 rings (SSSR count). The summed E-state index contributed by atoms with van der Waals surface area (Å²) in [4.78, 5) is 0. The Kier molecular flexibility index (Phi) is 5.23. The molecular weight excluding hydrogens is 242 g/mol. The van der Waals surface area contributed by atoms with Gasteiger partial charge in [-0.2, -0.15) is 0 Å². The fourth-order valence-corrected chi connectivity index (χ4v) is 2.44. The maximum Gasteiger partial charge on any atom is 0.0342 e. The summed E-state index contributed by atoms with van der Waals surface area (Å²) in [6.45, 7) is 6.59. The summed E-state index contributed by atoms with van der Waals surface area (Å²) in [5, 5.41) is 3.58. The molecule has 0 radical (unpaired) electrons. The third kappa shape index (κ3) is 4.41. The van der Waals surface area contributed by atoms with Crippen LogP contribution < -0.4 is 5.32 Å². The van der Waals surface area contributed by atoms with Crippen LogP contribution in [0.3, 0.4) is 0 Å². The minimum Gasteiger partial charge on any atom is -0.383 e. The maximum atomic E-state index is 3.58.